The lowest BCUT2D eigenvalue weighted by atomic mass is 9.93. The number of nitrogens with zero attached hydrogens (tertiary/aromatic N) is 1. The Bertz CT molecular complexity index is 1640. The smallest absolute Gasteiger partial charge is 0.260 e. The van der Waals surface area contributed by atoms with E-state index in [1.54, 1.807) is 78.3 Å². The van der Waals surface area contributed by atoms with Gasteiger partial charge in [0.2, 0.25) is 17.7 Å². The monoisotopic (exact) mass is 695 g/mol. The van der Waals surface area contributed by atoms with E-state index in [1.807, 2.05) is 12.1 Å². The van der Waals surface area contributed by atoms with Crippen LogP contribution in [0.4, 0.5) is 0 Å². The van der Waals surface area contributed by atoms with Crippen molar-refractivity contribution in [3.8, 4) is 12.3 Å². The summed E-state index contributed by atoms with van der Waals surface area (Å²) in [5.41, 5.74) is 3.86. The predicted molar refractivity (Wildman–Crippen MR) is 191 cm³/mol. The van der Waals surface area contributed by atoms with Gasteiger partial charge in [0.1, 0.15) is 18.4 Å². The molecule has 0 fully saturated rings. The second-order valence-electron chi connectivity index (χ2n) is 12.1. The average molecular weight is 696 g/mol. The van der Waals surface area contributed by atoms with Gasteiger partial charge in [0, 0.05) is 43.4 Å². The van der Waals surface area contributed by atoms with Gasteiger partial charge in [-0.1, -0.05) is 84.9 Å². The summed E-state index contributed by atoms with van der Waals surface area (Å²) in [5, 5.41) is 15.5. The van der Waals surface area contributed by atoms with E-state index in [1.165, 1.54) is 0 Å². The number of nitrogens with one attached hydrogen (secondary N) is 3. The lowest BCUT2D eigenvalue weighted by Crippen LogP contribution is -2.57. The molecule has 0 aliphatic carbocycles. The Kier molecular flexibility index (Phi) is 16.7. The molecule has 51 heavy (non-hydrogen) atoms. The first kappa shape index (κ1) is 39.8. The molecule has 3 aromatic rings. The molecule has 0 aliphatic heterocycles. The summed E-state index contributed by atoms with van der Waals surface area (Å²) in [6.07, 6.45) is 8.16. The maximum Gasteiger partial charge on any atom is 0.260 e. The summed E-state index contributed by atoms with van der Waals surface area (Å²) in [7, 11) is 0. The summed E-state index contributed by atoms with van der Waals surface area (Å²) in [5.74, 6) is 5.31. The Balaban J connectivity index is 1.77. The molecule has 4 amide bonds. The number of nitrogens with two attached hydrogens (primary N) is 1. The van der Waals surface area contributed by atoms with E-state index in [9.17, 15) is 34.0 Å². The number of carbonyl (C=O) groups is 6. The molecule has 0 bridgehead atoms. The molecule has 268 valence electrons. The molecule has 3 rings (SSSR count). The van der Waals surface area contributed by atoms with Crippen LogP contribution in [0.3, 0.4) is 0 Å². The average Bonchev–Trinajstić information content (AvgIpc) is 3.16. The molecule has 0 saturated carbocycles. The van der Waals surface area contributed by atoms with Crippen LogP contribution in [0.15, 0.2) is 84.9 Å². The summed E-state index contributed by atoms with van der Waals surface area (Å²) in [4.78, 5) is 76.7. The minimum atomic E-state index is -1.25. The first-order chi connectivity index (χ1) is 24.7. The number of aldehydes is 1. The zero-order valence-corrected chi connectivity index (χ0v) is 28.5. The van der Waals surface area contributed by atoms with Gasteiger partial charge in [-0.2, -0.15) is 0 Å². The van der Waals surface area contributed by atoms with Crippen molar-refractivity contribution in [2.75, 3.05) is 6.54 Å². The van der Waals surface area contributed by atoms with Crippen LogP contribution in [0.5, 0.6) is 0 Å². The largest absolute Gasteiger partial charge is 0.356 e. The van der Waals surface area contributed by atoms with Crippen molar-refractivity contribution in [3.05, 3.63) is 107 Å². The predicted octanol–water partition coefficient (Wildman–Crippen LogP) is 3.06. The van der Waals surface area contributed by atoms with Gasteiger partial charge in [-0.25, -0.2) is 11.3 Å². The Labute approximate surface area is 298 Å². The number of hydroxylamine groups is 1. The zero-order chi connectivity index (χ0) is 37.0. The second-order valence-corrected chi connectivity index (χ2v) is 12.1. The zero-order valence-electron chi connectivity index (χ0n) is 28.5. The van der Waals surface area contributed by atoms with Gasteiger partial charge in [-0.15, -0.1) is 12.3 Å². The van der Waals surface area contributed by atoms with Gasteiger partial charge >= 0.3 is 0 Å². The lowest BCUT2D eigenvalue weighted by Gasteiger charge is -2.29. The first-order valence-corrected chi connectivity index (χ1v) is 16.9. The number of rotatable bonds is 21. The highest BCUT2D eigenvalue weighted by atomic mass is 16.5. The summed E-state index contributed by atoms with van der Waals surface area (Å²) < 4.78 is 0. The molecular formula is C39H45N5O7. The Hall–Kier alpha value is -5.64. The number of terminal acetylenes is 1. The topological polar surface area (TPSA) is 188 Å². The van der Waals surface area contributed by atoms with Crippen molar-refractivity contribution in [1.29, 1.82) is 0 Å². The van der Waals surface area contributed by atoms with Crippen molar-refractivity contribution in [1.82, 2.24) is 21.1 Å². The molecule has 3 atom stereocenters. The number of unbranched alkanes of at least 4 members (excludes halogenated alkanes) is 2. The van der Waals surface area contributed by atoms with Gasteiger partial charge in [-0.3, -0.25) is 34.2 Å². The SMILES string of the molecule is C#CCCCC(=O)NCCCCC(C=O)N(N)C(=O)C(Cc1ccc(C(=O)c2ccccc2)cc1)NC(=O)C(CC(=O)NO)Cc1ccccc1. The van der Waals surface area contributed by atoms with Crippen molar-refractivity contribution >= 4 is 35.7 Å². The van der Waals surface area contributed by atoms with Crippen LogP contribution in [0.25, 0.3) is 0 Å². The third-order valence-electron chi connectivity index (χ3n) is 8.30. The van der Waals surface area contributed by atoms with Gasteiger partial charge in [0.25, 0.3) is 5.91 Å². The summed E-state index contributed by atoms with van der Waals surface area (Å²) >= 11 is 0. The maximum absolute atomic E-state index is 13.9. The van der Waals surface area contributed by atoms with Crippen LogP contribution in [-0.4, -0.2) is 64.5 Å². The van der Waals surface area contributed by atoms with Crippen molar-refractivity contribution in [2.45, 2.75) is 69.9 Å². The maximum atomic E-state index is 13.9. The third-order valence-corrected chi connectivity index (χ3v) is 8.30. The fourth-order valence-corrected chi connectivity index (χ4v) is 5.46. The highest BCUT2D eigenvalue weighted by Gasteiger charge is 2.32. The molecular weight excluding hydrogens is 650 g/mol. The van der Waals surface area contributed by atoms with Crippen LogP contribution in [0.2, 0.25) is 0 Å². The summed E-state index contributed by atoms with van der Waals surface area (Å²) in [6, 6.07) is 22.0. The van der Waals surface area contributed by atoms with E-state index < -0.39 is 35.7 Å². The number of carbonyl (C=O) groups excluding carboxylic acids is 6. The van der Waals surface area contributed by atoms with Crippen molar-refractivity contribution < 1.29 is 34.0 Å². The minimum absolute atomic E-state index is 0.0420. The highest BCUT2D eigenvalue weighted by Crippen LogP contribution is 2.17. The van der Waals surface area contributed by atoms with Crippen LogP contribution in [0.1, 0.15) is 72.0 Å². The first-order valence-electron chi connectivity index (χ1n) is 16.9. The van der Waals surface area contributed by atoms with Crippen LogP contribution in [0, 0.1) is 18.3 Å². The van der Waals surface area contributed by atoms with E-state index in [2.05, 4.69) is 16.6 Å². The van der Waals surface area contributed by atoms with Crippen LogP contribution < -0.4 is 22.0 Å². The number of amides is 4. The molecule has 3 unspecified atom stereocenters. The normalized spacial score (nSPS) is 12.3. The number of hydrazine groups is 1. The van der Waals surface area contributed by atoms with E-state index in [-0.39, 0.29) is 37.4 Å². The highest BCUT2D eigenvalue weighted by molar-refractivity contribution is 6.09. The Morgan fingerprint density at radius 1 is 0.824 bits per heavy atom. The molecule has 0 radical (unpaired) electrons. The second kappa shape index (κ2) is 21.4. The third kappa shape index (κ3) is 13.3. The van der Waals surface area contributed by atoms with Crippen molar-refractivity contribution in [2.24, 2.45) is 11.8 Å². The molecule has 0 spiro atoms. The number of benzene rings is 3. The van der Waals surface area contributed by atoms with Crippen molar-refractivity contribution in [3.63, 3.8) is 0 Å². The summed E-state index contributed by atoms with van der Waals surface area (Å²) in [6.45, 7) is 0.380. The van der Waals surface area contributed by atoms with Gasteiger partial charge < -0.3 is 15.4 Å². The van der Waals surface area contributed by atoms with Gasteiger partial charge in [-0.05, 0) is 43.2 Å². The molecule has 0 aromatic heterocycles. The lowest BCUT2D eigenvalue weighted by molar-refractivity contribution is -0.142. The Morgan fingerprint density at radius 3 is 2.08 bits per heavy atom. The Morgan fingerprint density at radius 2 is 1.45 bits per heavy atom. The minimum Gasteiger partial charge on any atom is -0.356 e. The molecule has 12 heteroatoms. The van der Waals surface area contributed by atoms with E-state index in [4.69, 9.17) is 12.3 Å². The van der Waals surface area contributed by atoms with Crippen LogP contribution in [-0.2, 0) is 36.8 Å². The van der Waals surface area contributed by atoms with E-state index in [0.29, 0.717) is 61.6 Å². The van der Waals surface area contributed by atoms with E-state index in [0.717, 1.165) is 10.6 Å². The standard InChI is InChI=1S/C39H45N5O7/c1-2-3-6-18-35(46)41-23-12-11-17-33(27-45)44(40)39(50)34(25-29-19-21-31(22-20-29)37(48)30-15-9-5-10-16-30)42-38(49)32(26-36(47)43-51)24-28-13-7-4-8-14-28/h1,4-5,7-10,13-16,19-22,27,32-34,51H,3,6,11-12,17-18,23-26,40H2,(H,41,46)(H,42,49)(H,43,47). The number of hydrogen-bond donors (Lipinski definition) is 5. The quantitative estimate of drug-likeness (QED) is 0.0164. The van der Waals surface area contributed by atoms with E-state index >= 15 is 0 Å². The molecule has 0 heterocycles. The fraction of sp³-hybridized carbons (Fsp3) is 0.333. The molecule has 6 N–H and O–H groups in total. The number of ketones is 1. The molecule has 3 aromatic carbocycles. The molecule has 0 saturated heterocycles. The molecule has 0 aliphatic rings. The molecule has 12 nitrogen and oxygen atoms in total. The number of hydrogen-bond acceptors (Lipinski definition) is 8. The van der Waals surface area contributed by atoms with Crippen LogP contribution >= 0.6 is 0 Å². The van der Waals surface area contributed by atoms with Gasteiger partial charge in [0.15, 0.2) is 5.78 Å². The van der Waals surface area contributed by atoms with Gasteiger partial charge in [0.05, 0.1) is 5.92 Å². The fourth-order valence-electron chi connectivity index (χ4n) is 5.46.